The van der Waals surface area contributed by atoms with E-state index in [0.717, 1.165) is 43.1 Å². The van der Waals surface area contributed by atoms with Gasteiger partial charge in [-0.1, -0.05) is 30.3 Å². The first-order chi connectivity index (χ1) is 10.1. The van der Waals surface area contributed by atoms with Gasteiger partial charge >= 0.3 is 0 Å². The minimum atomic E-state index is -0.188. The SMILES string of the molecule is Cc1nc(C2(c3ccccc3)CCOCC2)nc(N)c1C. The maximum Gasteiger partial charge on any atom is 0.141 e. The van der Waals surface area contributed by atoms with Gasteiger partial charge in [-0.05, 0) is 32.3 Å². The Morgan fingerprint density at radius 1 is 1.05 bits per heavy atom. The van der Waals surface area contributed by atoms with Crippen molar-refractivity contribution >= 4 is 5.82 Å². The molecule has 0 bridgehead atoms. The Hall–Kier alpha value is -1.94. The van der Waals surface area contributed by atoms with Crippen LogP contribution in [0, 0.1) is 13.8 Å². The Kier molecular flexibility index (Phi) is 3.64. The number of hydrogen-bond donors (Lipinski definition) is 1. The summed E-state index contributed by atoms with van der Waals surface area (Å²) in [4.78, 5) is 9.38. The summed E-state index contributed by atoms with van der Waals surface area (Å²) in [6.45, 7) is 5.42. The Balaban J connectivity index is 2.17. The van der Waals surface area contributed by atoms with E-state index in [0.29, 0.717) is 5.82 Å². The van der Waals surface area contributed by atoms with E-state index in [1.54, 1.807) is 0 Å². The molecule has 0 atom stereocenters. The van der Waals surface area contributed by atoms with Gasteiger partial charge in [0, 0.05) is 24.5 Å². The van der Waals surface area contributed by atoms with Gasteiger partial charge in [-0.3, -0.25) is 0 Å². The van der Waals surface area contributed by atoms with E-state index in [4.69, 9.17) is 15.5 Å². The fourth-order valence-corrected chi connectivity index (χ4v) is 2.98. The smallest absolute Gasteiger partial charge is 0.141 e. The summed E-state index contributed by atoms with van der Waals surface area (Å²) in [6.07, 6.45) is 1.78. The first-order valence-corrected chi connectivity index (χ1v) is 7.38. The number of nitrogen functional groups attached to an aromatic ring is 1. The van der Waals surface area contributed by atoms with E-state index in [9.17, 15) is 0 Å². The first kappa shape index (κ1) is 14.0. The topological polar surface area (TPSA) is 61.0 Å². The highest BCUT2D eigenvalue weighted by molar-refractivity contribution is 5.44. The van der Waals surface area contributed by atoms with Crippen molar-refractivity contribution in [3.05, 3.63) is 53.0 Å². The molecule has 110 valence electrons. The van der Waals surface area contributed by atoms with Crippen molar-refractivity contribution in [1.82, 2.24) is 9.97 Å². The third kappa shape index (κ3) is 2.40. The number of rotatable bonds is 2. The lowest BCUT2D eigenvalue weighted by atomic mass is 9.73. The van der Waals surface area contributed by atoms with E-state index in [1.165, 1.54) is 5.56 Å². The van der Waals surface area contributed by atoms with Crippen LogP contribution in [0.15, 0.2) is 30.3 Å². The monoisotopic (exact) mass is 283 g/mol. The molecule has 2 aromatic rings. The number of aromatic nitrogens is 2. The van der Waals surface area contributed by atoms with Crippen molar-refractivity contribution in [3.8, 4) is 0 Å². The summed E-state index contributed by atoms with van der Waals surface area (Å²) in [5, 5.41) is 0. The molecule has 2 heterocycles. The predicted octanol–water partition coefficient (Wildman–Crippen LogP) is 2.77. The van der Waals surface area contributed by atoms with Gasteiger partial charge < -0.3 is 10.5 Å². The zero-order valence-electron chi connectivity index (χ0n) is 12.6. The fourth-order valence-electron chi connectivity index (χ4n) is 2.98. The number of benzene rings is 1. The minimum absolute atomic E-state index is 0.188. The summed E-state index contributed by atoms with van der Waals surface area (Å²) in [7, 11) is 0. The van der Waals surface area contributed by atoms with E-state index in [1.807, 2.05) is 19.9 Å². The molecule has 0 spiro atoms. The third-order valence-electron chi connectivity index (χ3n) is 4.53. The first-order valence-electron chi connectivity index (χ1n) is 7.38. The molecule has 0 amide bonds. The Bertz CT molecular complexity index is 611. The summed E-state index contributed by atoms with van der Waals surface area (Å²) in [6, 6.07) is 10.5. The second-order valence-electron chi connectivity index (χ2n) is 5.70. The number of anilines is 1. The van der Waals surface area contributed by atoms with Crippen LogP contribution in [0.25, 0.3) is 0 Å². The lowest BCUT2D eigenvalue weighted by Crippen LogP contribution is -2.37. The van der Waals surface area contributed by atoms with E-state index < -0.39 is 0 Å². The highest BCUT2D eigenvalue weighted by atomic mass is 16.5. The van der Waals surface area contributed by atoms with Gasteiger partial charge in [0.05, 0.1) is 5.41 Å². The van der Waals surface area contributed by atoms with E-state index >= 15 is 0 Å². The standard InChI is InChI=1S/C17H21N3O/c1-12-13(2)19-16(20-15(12)18)17(8-10-21-11-9-17)14-6-4-3-5-7-14/h3-7H,8-11H2,1-2H3,(H2,18,19,20). The van der Waals surface area contributed by atoms with Crippen LogP contribution in [-0.2, 0) is 10.2 Å². The van der Waals surface area contributed by atoms with Gasteiger partial charge in [0.15, 0.2) is 0 Å². The van der Waals surface area contributed by atoms with Crippen LogP contribution in [0.5, 0.6) is 0 Å². The Labute approximate surface area is 125 Å². The number of nitrogens with two attached hydrogens (primary N) is 1. The molecule has 1 saturated heterocycles. The molecule has 1 aliphatic heterocycles. The van der Waals surface area contributed by atoms with Crippen molar-refractivity contribution in [2.45, 2.75) is 32.1 Å². The summed E-state index contributed by atoms with van der Waals surface area (Å²) >= 11 is 0. The second-order valence-corrected chi connectivity index (χ2v) is 5.70. The molecule has 2 N–H and O–H groups in total. The highest BCUT2D eigenvalue weighted by Crippen LogP contribution is 2.40. The zero-order valence-corrected chi connectivity index (χ0v) is 12.6. The van der Waals surface area contributed by atoms with Crippen molar-refractivity contribution < 1.29 is 4.74 Å². The zero-order chi connectivity index (χ0) is 14.9. The predicted molar refractivity (Wildman–Crippen MR) is 83.2 cm³/mol. The average Bonchev–Trinajstić information content (AvgIpc) is 2.53. The van der Waals surface area contributed by atoms with Crippen LogP contribution in [0.3, 0.4) is 0 Å². The Morgan fingerprint density at radius 2 is 1.71 bits per heavy atom. The van der Waals surface area contributed by atoms with E-state index in [-0.39, 0.29) is 5.41 Å². The van der Waals surface area contributed by atoms with Gasteiger partial charge in [-0.15, -0.1) is 0 Å². The molecule has 4 heteroatoms. The van der Waals surface area contributed by atoms with E-state index in [2.05, 4.69) is 29.2 Å². The van der Waals surface area contributed by atoms with Crippen LogP contribution in [0.2, 0.25) is 0 Å². The summed E-state index contributed by atoms with van der Waals surface area (Å²) < 4.78 is 5.57. The molecule has 1 aliphatic rings. The van der Waals surface area contributed by atoms with Gasteiger partial charge in [0.1, 0.15) is 11.6 Å². The quantitative estimate of drug-likeness (QED) is 0.920. The van der Waals surface area contributed by atoms with Crippen LogP contribution >= 0.6 is 0 Å². The molecular weight excluding hydrogens is 262 g/mol. The van der Waals surface area contributed by atoms with Crippen LogP contribution in [0.1, 0.15) is 35.5 Å². The molecule has 3 rings (SSSR count). The number of ether oxygens (including phenoxy) is 1. The molecule has 1 aromatic heterocycles. The minimum Gasteiger partial charge on any atom is -0.383 e. The maximum atomic E-state index is 6.08. The maximum absolute atomic E-state index is 6.08. The van der Waals surface area contributed by atoms with Crippen LogP contribution < -0.4 is 5.73 Å². The summed E-state index contributed by atoms with van der Waals surface area (Å²) in [5.41, 5.74) is 9.06. The van der Waals surface area contributed by atoms with Crippen molar-refractivity contribution in [3.63, 3.8) is 0 Å². The lowest BCUT2D eigenvalue weighted by molar-refractivity contribution is 0.0604. The fraction of sp³-hybridized carbons (Fsp3) is 0.412. The number of hydrogen-bond acceptors (Lipinski definition) is 4. The molecule has 0 radical (unpaired) electrons. The molecular formula is C17H21N3O. The lowest BCUT2D eigenvalue weighted by Gasteiger charge is -2.36. The van der Waals surface area contributed by atoms with Crippen molar-refractivity contribution in [1.29, 1.82) is 0 Å². The number of aryl methyl sites for hydroxylation is 1. The normalized spacial score (nSPS) is 17.6. The molecule has 4 nitrogen and oxygen atoms in total. The highest BCUT2D eigenvalue weighted by Gasteiger charge is 2.39. The third-order valence-corrected chi connectivity index (χ3v) is 4.53. The molecule has 0 saturated carbocycles. The van der Waals surface area contributed by atoms with Gasteiger partial charge in [0.25, 0.3) is 0 Å². The van der Waals surface area contributed by atoms with Gasteiger partial charge in [0.2, 0.25) is 0 Å². The average molecular weight is 283 g/mol. The second kappa shape index (κ2) is 5.45. The Morgan fingerprint density at radius 3 is 2.33 bits per heavy atom. The largest absolute Gasteiger partial charge is 0.383 e. The number of nitrogens with zero attached hydrogens (tertiary/aromatic N) is 2. The molecule has 21 heavy (non-hydrogen) atoms. The molecule has 0 unspecified atom stereocenters. The summed E-state index contributed by atoms with van der Waals surface area (Å²) in [5.74, 6) is 1.41. The van der Waals surface area contributed by atoms with Gasteiger partial charge in [-0.2, -0.15) is 0 Å². The van der Waals surface area contributed by atoms with Gasteiger partial charge in [-0.25, -0.2) is 9.97 Å². The van der Waals surface area contributed by atoms with Crippen molar-refractivity contribution in [2.24, 2.45) is 0 Å². The van der Waals surface area contributed by atoms with Crippen molar-refractivity contribution in [2.75, 3.05) is 18.9 Å². The molecule has 1 fully saturated rings. The molecule has 1 aromatic carbocycles. The van der Waals surface area contributed by atoms with Crippen LogP contribution in [-0.4, -0.2) is 23.2 Å². The van der Waals surface area contributed by atoms with Crippen LogP contribution in [0.4, 0.5) is 5.82 Å². The molecule has 0 aliphatic carbocycles.